The predicted octanol–water partition coefficient (Wildman–Crippen LogP) is 1.39. The molecule has 0 fully saturated rings. The Morgan fingerprint density at radius 3 is 2.47 bits per heavy atom. The van der Waals surface area contributed by atoms with Crippen LogP contribution in [0.15, 0.2) is 30.3 Å². The fourth-order valence-electron chi connectivity index (χ4n) is 1.65. The second-order valence-electron chi connectivity index (χ2n) is 4.07. The van der Waals surface area contributed by atoms with Gasteiger partial charge in [-0.25, -0.2) is 4.79 Å². The number of rotatable bonds is 6. The topological polar surface area (TPSA) is 89.6 Å². The van der Waals surface area contributed by atoms with Crippen molar-refractivity contribution in [2.24, 2.45) is 11.7 Å². The molecule has 0 amide bonds. The number of hydrogen-bond donors (Lipinski definition) is 2. The maximum absolute atomic E-state index is 11.8. The van der Waals surface area contributed by atoms with Gasteiger partial charge in [-0.3, -0.25) is 4.79 Å². The molecule has 0 saturated heterocycles. The van der Waals surface area contributed by atoms with Gasteiger partial charge in [-0.15, -0.1) is 0 Å². The Bertz CT molecular complexity index is 447. The molecule has 1 aromatic carbocycles. The summed E-state index contributed by atoms with van der Waals surface area (Å²) in [5.74, 6) is -3.33. The highest BCUT2D eigenvalue weighted by atomic mass is 35.5. The average Bonchev–Trinajstić information content (AvgIpc) is 2.37. The van der Waals surface area contributed by atoms with Gasteiger partial charge in [0.25, 0.3) is 0 Å². The molecule has 0 heterocycles. The SMILES string of the molecule is CCOC(=O)C(Cc1ccccc1)C(N)(Cl)C(=O)O. The minimum atomic E-state index is -2.19. The van der Waals surface area contributed by atoms with Crippen molar-refractivity contribution in [2.45, 2.75) is 18.3 Å². The van der Waals surface area contributed by atoms with E-state index in [1.54, 1.807) is 31.2 Å². The molecule has 5 nitrogen and oxygen atoms in total. The zero-order valence-corrected chi connectivity index (χ0v) is 11.3. The summed E-state index contributed by atoms with van der Waals surface area (Å²) >= 11 is 5.80. The predicted molar refractivity (Wildman–Crippen MR) is 70.7 cm³/mol. The Labute approximate surface area is 116 Å². The Morgan fingerprint density at radius 2 is 2.00 bits per heavy atom. The molecule has 0 aromatic heterocycles. The molecular weight excluding hydrogens is 270 g/mol. The van der Waals surface area contributed by atoms with Crippen LogP contribution < -0.4 is 5.73 Å². The van der Waals surface area contributed by atoms with Gasteiger partial charge in [-0.05, 0) is 18.9 Å². The molecule has 2 atom stereocenters. The lowest BCUT2D eigenvalue weighted by atomic mass is 9.92. The maximum atomic E-state index is 11.8. The molecule has 1 rings (SSSR count). The number of alkyl halides is 1. The first-order valence-corrected chi connectivity index (χ1v) is 6.19. The molecule has 0 aliphatic carbocycles. The van der Waals surface area contributed by atoms with Gasteiger partial charge in [0.1, 0.15) is 5.92 Å². The molecule has 19 heavy (non-hydrogen) atoms. The van der Waals surface area contributed by atoms with Gasteiger partial charge in [0.05, 0.1) is 6.61 Å². The van der Waals surface area contributed by atoms with E-state index in [9.17, 15) is 9.59 Å². The van der Waals surface area contributed by atoms with Gasteiger partial charge < -0.3 is 15.6 Å². The fraction of sp³-hybridized carbons (Fsp3) is 0.385. The zero-order chi connectivity index (χ0) is 14.5. The molecule has 0 aliphatic heterocycles. The quantitative estimate of drug-likeness (QED) is 0.468. The van der Waals surface area contributed by atoms with E-state index < -0.39 is 22.9 Å². The van der Waals surface area contributed by atoms with Gasteiger partial charge in [-0.2, -0.15) is 0 Å². The van der Waals surface area contributed by atoms with E-state index in [1.807, 2.05) is 6.07 Å². The van der Waals surface area contributed by atoms with Crippen LogP contribution in [0.1, 0.15) is 12.5 Å². The zero-order valence-electron chi connectivity index (χ0n) is 10.5. The van der Waals surface area contributed by atoms with Crippen molar-refractivity contribution in [3.8, 4) is 0 Å². The fourth-order valence-corrected chi connectivity index (χ4v) is 1.81. The number of ether oxygens (including phenoxy) is 1. The summed E-state index contributed by atoms with van der Waals surface area (Å²) < 4.78 is 4.85. The van der Waals surface area contributed by atoms with Gasteiger partial charge in [0.15, 0.2) is 0 Å². The minimum absolute atomic E-state index is 0.103. The highest BCUT2D eigenvalue weighted by Gasteiger charge is 2.45. The van der Waals surface area contributed by atoms with Crippen molar-refractivity contribution in [3.05, 3.63) is 35.9 Å². The number of esters is 1. The highest BCUT2D eigenvalue weighted by Crippen LogP contribution is 2.25. The van der Waals surface area contributed by atoms with E-state index in [-0.39, 0.29) is 13.0 Å². The number of hydrogen-bond acceptors (Lipinski definition) is 4. The second-order valence-corrected chi connectivity index (χ2v) is 4.69. The number of carbonyl (C=O) groups is 2. The smallest absolute Gasteiger partial charge is 0.340 e. The first-order valence-electron chi connectivity index (χ1n) is 5.81. The lowest BCUT2D eigenvalue weighted by molar-refractivity contribution is -0.155. The number of carboxylic acids is 1. The number of aliphatic carboxylic acids is 1. The average molecular weight is 286 g/mol. The molecule has 6 heteroatoms. The van der Waals surface area contributed by atoms with E-state index in [2.05, 4.69) is 0 Å². The van der Waals surface area contributed by atoms with Crippen molar-refractivity contribution in [1.82, 2.24) is 0 Å². The summed E-state index contributed by atoms with van der Waals surface area (Å²) in [5, 5.41) is 9.04. The van der Waals surface area contributed by atoms with E-state index in [1.165, 1.54) is 0 Å². The summed E-state index contributed by atoms with van der Waals surface area (Å²) in [6, 6.07) is 8.91. The van der Waals surface area contributed by atoms with Crippen molar-refractivity contribution in [3.63, 3.8) is 0 Å². The molecular formula is C13H16ClNO4. The van der Waals surface area contributed by atoms with Crippen LogP contribution >= 0.6 is 11.6 Å². The van der Waals surface area contributed by atoms with Gasteiger partial charge in [0.2, 0.25) is 5.00 Å². The van der Waals surface area contributed by atoms with Crippen molar-refractivity contribution < 1.29 is 19.4 Å². The summed E-state index contributed by atoms with van der Waals surface area (Å²) in [7, 11) is 0. The molecule has 0 aliphatic rings. The van der Waals surface area contributed by atoms with Gasteiger partial charge >= 0.3 is 11.9 Å². The number of benzene rings is 1. The number of carboxylic acid groups (broad SMARTS) is 1. The Kier molecular flexibility index (Phi) is 5.32. The van der Waals surface area contributed by atoms with Crippen LogP contribution in [0.2, 0.25) is 0 Å². The van der Waals surface area contributed by atoms with Crippen LogP contribution in [0.5, 0.6) is 0 Å². The third-order valence-corrected chi connectivity index (χ3v) is 3.11. The Balaban J connectivity index is 2.99. The van der Waals surface area contributed by atoms with Crippen molar-refractivity contribution in [2.75, 3.05) is 6.61 Å². The summed E-state index contributed by atoms with van der Waals surface area (Å²) in [6.45, 7) is 1.77. The van der Waals surface area contributed by atoms with Crippen LogP contribution in [0, 0.1) is 5.92 Å². The van der Waals surface area contributed by atoms with E-state index in [4.69, 9.17) is 27.2 Å². The van der Waals surface area contributed by atoms with E-state index in [0.29, 0.717) is 0 Å². The minimum Gasteiger partial charge on any atom is -0.479 e. The van der Waals surface area contributed by atoms with Gasteiger partial charge in [-0.1, -0.05) is 41.9 Å². The van der Waals surface area contributed by atoms with Crippen LogP contribution in [-0.2, 0) is 20.7 Å². The van der Waals surface area contributed by atoms with E-state index in [0.717, 1.165) is 5.56 Å². The Hall–Kier alpha value is -1.59. The lowest BCUT2D eigenvalue weighted by Gasteiger charge is -2.26. The third-order valence-electron chi connectivity index (χ3n) is 2.69. The number of halogens is 1. The van der Waals surface area contributed by atoms with Crippen molar-refractivity contribution >= 4 is 23.5 Å². The van der Waals surface area contributed by atoms with Crippen LogP contribution in [0.4, 0.5) is 0 Å². The molecule has 3 N–H and O–H groups in total. The van der Waals surface area contributed by atoms with Crippen LogP contribution in [0.3, 0.4) is 0 Å². The largest absolute Gasteiger partial charge is 0.479 e. The summed E-state index contributed by atoms with van der Waals surface area (Å²) in [4.78, 5) is 20.8. The molecule has 0 spiro atoms. The monoisotopic (exact) mass is 285 g/mol. The molecule has 0 radical (unpaired) electrons. The molecule has 0 saturated carbocycles. The molecule has 104 valence electrons. The first kappa shape index (κ1) is 15.5. The molecule has 2 unspecified atom stereocenters. The first-order chi connectivity index (χ1) is 8.89. The van der Waals surface area contributed by atoms with Crippen LogP contribution in [-0.4, -0.2) is 28.7 Å². The maximum Gasteiger partial charge on any atom is 0.340 e. The lowest BCUT2D eigenvalue weighted by Crippen LogP contribution is -2.53. The Morgan fingerprint density at radius 1 is 1.42 bits per heavy atom. The number of nitrogens with two attached hydrogens (primary N) is 1. The second kappa shape index (κ2) is 6.54. The third kappa shape index (κ3) is 3.94. The normalized spacial score (nSPS) is 15.3. The summed E-state index contributed by atoms with van der Waals surface area (Å²) in [5.41, 5.74) is 6.31. The molecule has 1 aromatic rings. The van der Waals surface area contributed by atoms with Crippen LogP contribution in [0.25, 0.3) is 0 Å². The highest BCUT2D eigenvalue weighted by molar-refractivity contribution is 6.34. The summed E-state index contributed by atoms with van der Waals surface area (Å²) in [6.07, 6.45) is 0.103. The number of carbonyl (C=O) groups excluding carboxylic acids is 1. The van der Waals surface area contributed by atoms with E-state index >= 15 is 0 Å². The van der Waals surface area contributed by atoms with Gasteiger partial charge in [0, 0.05) is 0 Å². The van der Waals surface area contributed by atoms with Crippen molar-refractivity contribution in [1.29, 1.82) is 0 Å². The standard InChI is InChI=1S/C13H16ClNO4/c1-2-19-11(16)10(13(14,15)12(17)18)8-9-6-4-3-5-7-9/h3-7,10H,2,8,15H2,1H3,(H,17,18). The molecule has 0 bridgehead atoms.